The van der Waals surface area contributed by atoms with Crippen molar-refractivity contribution < 1.29 is 14.0 Å². The summed E-state index contributed by atoms with van der Waals surface area (Å²) in [5, 5.41) is 4.52. The number of methoxy groups -OCH3 is 2. The highest BCUT2D eigenvalue weighted by molar-refractivity contribution is 7.98. The Bertz CT molecular complexity index is 983. The third-order valence-corrected chi connectivity index (χ3v) is 4.68. The molecular formula is C17H18N4O4S. The molecule has 2 aromatic heterocycles. The summed E-state index contributed by atoms with van der Waals surface area (Å²) in [4.78, 5) is 23.3. The van der Waals surface area contributed by atoms with Gasteiger partial charge in [-0.1, -0.05) is 23.0 Å². The molecule has 0 saturated heterocycles. The fourth-order valence-corrected chi connectivity index (χ4v) is 3.05. The Morgan fingerprint density at radius 2 is 2.00 bits per heavy atom. The maximum Gasteiger partial charge on any atom is 0.254 e. The molecule has 0 saturated carbocycles. The molecule has 0 aliphatic carbocycles. The Kier molecular flexibility index (Phi) is 5.27. The molecule has 0 aliphatic rings. The quantitative estimate of drug-likeness (QED) is 0.519. The normalized spacial score (nSPS) is 10.8. The Morgan fingerprint density at radius 3 is 2.69 bits per heavy atom. The number of benzene rings is 1. The van der Waals surface area contributed by atoms with Crippen LogP contribution in [-0.4, -0.2) is 34.3 Å². The SMILES string of the molecule is COc1cccc(-c2noc(CSc3nc(C)c(C)c(=O)[nH]3)n2)c1OC. The van der Waals surface area contributed by atoms with Crippen molar-refractivity contribution in [3.8, 4) is 22.9 Å². The molecule has 0 fully saturated rings. The number of H-pyrrole nitrogens is 1. The zero-order valence-corrected chi connectivity index (χ0v) is 15.6. The van der Waals surface area contributed by atoms with Gasteiger partial charge in [0.2, 0.25) is 11.7 Å². The molecular weight excluding hydrogens is 356 g/mol. The van der Waals surface area contributed by atoms with E-state index < -0.39 is 0 Å². The Morgan fingerprint density at radius 1 is 1.19 bits per heavy atom. The summed E-state index contributed by atoms with van der Waals surface area (Å²) in [5.74, 6) is 2.32. The average Bonchev–Trinajstić information content (AvgIpc) is 3.12. The van der Waals surface area contributed by atoms with Crippen molar-refractivity contribution in [1.29, 1.82) is 0 Å². The van der Waals surface area contributed by atoms with E-state index in [9.17, 15) is 4.79 Å². The van der Waals surface area contributed by atoms with Gasteiger partial charge in [-0.15, -0.1) is 0 Å². The van der Waals surface area contributed by atoms with Crippen molar-refractivity contribution in [2.75, 3.05) is 14.2 Å². The van der Waals surface area contributed by atoms with Crippen LogP contribution in [0, 0.1) is 13.8 Å². The van der Waals surface area contributed by atoms with Crippen LogP contribution >= 0.6 is 11.8 Å². The van der Waals surface area contributed by atoms with E-state index in [2.05, 4.69) is 20.1 Å². The van der Waals surface area contributed by atoms with Gasteiger partial charge in [-0.25, -0.2) is 4.98 Å². The molecule has 1 N–H and O–H groups in total. The molecule has 0 amide bonds. The summed E-state index contributed by atoms with van der Waals surface area (Å²) in [5.41, 5.74) is 1.83. The standard InChI is InChI=1S/C17H18N4O4S/c1-9-10(2)18-17(20-16(9)22)26-8-13-19-15(21-25-13)11-6-5-7-12(23-3)14(11)24-4/h5-7H,8H2,1-4H3,(H,18,20,22). The summed E-state index contributed by atoms with van der Waals surface area (Å²) in [6.45, 7) is 3.54. The van der Waals surface area contributed by atoms with Gasteiger partial charge in [0.05, 0.1) is 25.5 Å². The van der Waals surface area contributed by atoms with E-state index >= 15 is 0 Å². The molecule has 9 heteroatoms. The fourth-order valence-electron chi connectivity index (χ4n) is 2.30. The molecule has 0 spiro atoms. The summed E-state index contributed by atoms with van der Waals surface area (Å²) in [6.07, 6.45) is 0. The molecule has 2 heterocycles. The lowest BCUT2D eigenvalue weighted by Gasteiger charge is -2.09. The molecule has 0 bridgehead atoms. The monoisotopic (exact) mass is 374 g/mol. The lowest BCUT2D eigenvalue weighted by Crippen LogP contribution is -2.14. The first kappa shape index (κ1) is 18.0. The van der Waals surface area contributed by atoms with Gasteiger partial charge in [0.1, 0.15) is 0 Å². The topological polar surface area (TPSA) is 103 Å². The first-order chi connectivity index (χ1) is 12.5. The van der Waals surface area contributed by atoms with Crippen LogP contribution in [0.2, 0.25) is 0 Å². The number of aromatic amines is 1. The van der Waals surface area contributed by atoms with Gasteiger partial charge in [-0.2, -0.15) is 4.98 Å². The van der Waals surface area contributed by atoms with E-state index in [0.717, 1.165) is 0 Å². The predicted octanol–water partition coefficient (Wildman–Crippen LogP) is 2.75. The van der Waals surface area contributed by atoms with Gasteiger partial charge in [0, 0.05) is 11.3 Å². The average molecular weight is 374 g/mol. The van der Waals surface area contributed by atoms with Gasteiger partial charge < -0.3 is 19.0 Å². The van der Waals surface area contributed by atoms with Crippen LogP contribution in [0.25, 0.3) is 11.4 Å². The zero-order valence-electron chi connectivity index (χ0n) is 14.8. The van der Waals surface area contributed by atoms with Crippen LogP contribution < -0.4 is 15.0 Å². The Balaban J connectivity index is 1.80. The van der Waals surface area contributed by atoms with E-state index in [-0.39, 0.29) is 5.56 Å². The first-order valence-corrected chi connectivity index (χ1v) is 8.76. The maximum atomic E-state index is 11.8. The molecule has 3 rings (SSSR count). The predicted molar refractivity (Wildman–Crippen MR) is 96.7 cm³/mol. The summed E-state index contributed by atoms with van der Waals surface area (Å²) < 4.78 is 16.0. The number of aromatic nitrogens is 4. The molecule has 8 nitrogen and oxygen atoms in total. The summed E-state index contributed by atoms with van der Waals surface area (Å²) >= 11 is 1.32. The molecule has 26 heavy (non-hydrogen) atoms. The van der Waals surface area contributed by atoms with E-state index in [1.165, 1.54) is 11.8 Å². The molecule has 0 aliphatic heterocycles. The van der Waals surface area contributed by atoms with Crippen molar-refractivity contribution in [1.82, 2.24) is 20.1 Å². The van der Waals surface area contributed by atoms with Gasteiger partial charge in [0.25, 0.3) is 5.56 Å². The largest absolute Gasteiger partial charge is 0.493 e. The number of hydrogen-bond acceptors (Lipinski definition) is 8. The number of ether oxygens (including phenoxy) is 2. The summed E-state index contributed by atoms with van der Waals surface area (Å²) in [6, 6.07) is 5.44. The second kappa shape index (κ2) is 7.61. The molecule has 0 atom stereocenters. The molecule has 0 unspecified atom stereocenters. The lowest BCUT2D eigenvalue weighted by molar-refractivity contribution is 0.355. The number of thioether (sulfide) groups is 1. The number of rotatable bonds is 6. The maximum absolute atomic E-state index is 11.8. The third-order valence-electron chi connectivity index (χ3n) is 3.82. The van der Waals surface area contributed by atoms with Crippen LogP contribution in [0.1, 0.15) is 17.1 Å². The van der Waals surface area contributed by atoms with Crippen LogP contribution in [0.5, 0.6) is 11.5 Å². The number of aryl methyl sites for hydroxylation is 1. The van der Waals surface area contributed by atoms with Crippen LogP contribution in [0.15, 0.2) is 32.7 Å². The van der Waals surface area contributed by atoms with Crippen molar-refractivity contribution in [3.63, 3.8) is 0 Å². The van der Waals surface area contributed by atoms with Gasteiger partial charge in [-0.3, -0.25) is 4.79 Å². The molecule has 136 valence electrons. The van der Waals surface area contributed by atoms with E-state index in [0.29, 0.717) is 50.9 Å². The number of hydrogen-bond donors (Lipinski definition) is 1. The minimum atomic E-state index is -0.146. The Hall–Kier alpha value is -2.81. The van der Waals surface area contributed by atoms with Crippen molar-refractivity contribution in [2.24, 2.45) is 0 Å². The fraction of sp³-hybridized carbons (Fsp3) is 0.294. The second-order valence-corrected chi connectivity index (χ2v) is 6.39. The van der Waals surface area contributed by atoms with Crippen LogP contribution in [-0.2, 0) is 5.75 Å². The first-order valence-electron chi connectivity index (χ1n) is 7.77. The number of para-hydroxylation sites is 1. The minimum Gasteiger partial charge on any atom is -0.493 e. The van der Waals surface area contributed by atoms with Gasteiger partial charge >= 0.3 is 0 Å². The highest BCUT2D eigenvalue weighted by Crippen LogP contribution is 2.36. The highest BCUT2D eigenvalue weighted by atomic mass is 32.2. The van der Waals surface area contributed by atoms with Crippen molar-refractivity contribution in [2.45, 2.75) is 24.8 Å². The molecule has 0 radical (unpaired) electrons. The third kappa shape index (κ3) is 3.57. The van der Waals surface area contributed by atoms with E-state index in [1.807, 2.05) is 12.1 Å². The second-order valence-electron chi connectivity index (χ2n) is 5.42. The molecule has 1 aromatic carbocycles. The van der Waals surface area contributed by atoms with Crippen LogP contribution in [0.4, 0.5) is 0 Å². The lowest BCUT2D eigenvalue weighted by atomic mass is 10.2. The van der Waals surface area contributed by atoms with Crippen molar-refractivity contribution in [3.05, 3.63) is 45.7 Å². The number of nitrogens with zero attached hydrogens (tertiary/aromatic N) is 3. The van der Waals surface area contributed by atoms with Crippen molar-refractivity contribution >= 4 is 11.8 Å². The zero-order chi connectivity index (χ0) is 18.7. The smallest absolute Gasteiger partial charge is 0.254 e. The van der Waals surface area contributed by atoms with E-state index in [4.69, 9.17) is 14.0 Å². The molecule has 3 aromatic rings. The minimum absolute atomic E-state index is 0.146. The van der Waals surface area contributed by atoms with E-state index in [1.54, 1.807) is 34.1 Å². The van der Waals surface area contributed by atoms with Crippen LogP contribution in [0.3, 0.4) is 0 Å². The highest BCUT2D eigenvalue weighted by Gasteiger charge is 2.17. The Labute approximate surface area is 154 Å². The summed E-state index contributed by atoms with van der Waals surface area (Å²) in [7, 11) is 3.12. The van der Waals surface area contributed by atoms with Gasteiger partial charge in [0.15, 0.2) is 16.7 Å². The number of nitrogens with one attached hydrogen (secondary N) is 1. The van der Waals surface area contributed by atoms with Gasteiger partial charge in [-0.05, 0) is 26.0 Å².